The lowest BCUT2D eigenvalue weighted by molar-refractivity contribution is 0.0646. The van der Waals surface area contributed by atoms with Gasteiger partial charge in [-0.15, -0.1) is 0 Å². The maximum atomic E-state index is 12.3. The SMILES string of the molecule is COP(=S)(OC)SC(C)N1C(=O)c2ccccc2C1=O. The fourth-order valence-corrected chi connectivity index (χ4v) is 5.95. The summed E-state index contributed by atoms with van der Waals surface area (Å²) in [6, 6.07) is 6.77. The number of imide groups is 1. The first-order chi connectivity index (χ1) is 9.43. The van der Waals surface area contributed by atoms with Crippen molar-refractivity contribution in [2.24, 2.45) is 0 Å². The summed E-state index contributed by atoms with van der Waals surface area (Å²) in [7, 11) is 2.93. The zero-order chi connectivity index (χ0) is 14.9. The number of hydrogen-bond acceptors (Lipinski definition) is 6. The molecule has 1 aliphatic rings. The normalized spacial score (nSPS) is 16.4. The van der Waals surface area contributed by atoms with Crippen LogP contribution in [0.1, 0.15) is 27.6 Å². The van der Waals surface area contributed by atoms with Crippen LogP contribution in [0.15, 0.2) is 24.3 Å². The fraction of sp³-hybridized carbons (Fsp3) is 0.333. The quantitative estimate of drug-likeness (QED) is 0.611. The second-order valence-electron chi connectivity index (χ2n) is 4.04. The Hall–Kier alpha value is -0.720. The van der Waals surface area contributed by atoms with Crippen molar-refractivity contribution in [3.63, 3.8) is 0 Å². The number of fused-ring (bicyclic) bond motifs is 1. The highest BCUT2D eigenvalue weighted by atomic mass is 32.9. The Morgan fingerprint density at radius 1 is 1.15 bits per heavy atom. The van der Waals surface area contributed by atoms with Crippen LogP contribution in [0.5, 0.6) is 0 Å². The molecule has 0 bridgehead atoms. The lowest BCUT2D eigenvalue weighted by atomic mass is 10.1. The molecule has 2 amide bonds. The van der Waals surface area contributed by atoms with Gasteiger partial charge in [-0.3, -0.25) is 14.5 Å². The molecule has 2 rings (SSSR count). The van der Waals surface area contributed by atoms with Crippen molar-refractivity contribution >= 4 is 40.7 Å². The molecule has 1 aliphatic heterocycles. The van der Waals surface area contributed by atoms with Crippen molar-refractivity contribution in [3.05, 3.63) is 35.4 Å². The van der Waals surface area contributed by atoms with Gasteiger partial charge in [0.25, 0.3) is 11.8 Å². The molecule has 0 saturated carbocycles. The van der Waals surface area contributed by atoms with Gasteiger partial charge in [0, 0.05) is 14.2 Å². The second kappa shape index (κ2) is 5.95. The predicted octanol–water partition coefficient (Wildman–Crippen LogP) is 2.88. The zero-order valence-electron chi connectivity index (χ0n) is 11.2. The van der Waals surface area contributed by atoms with Gasteiger partial charge in [-0.25, -0.2) is 0 Å². The summed E-state index contributed by atoms with van der Waals surface area (Å²) in [6.07, 6.45) is 0. The molecule has 1 atom stereocenters. The average molecular weight is 331 g/mol. The molecule has 1 aromatic rings. The summed E-state index contributed by atoms with van der Waals surface area (Å²) in [5, 5.41) is -0.451. The largest absolute Gasteiger partial charge is 0.325 e. The first kappa shape index (κ1) is 15.7. The Labute approximate surface area is 126 Å². The van der Waals surface area contributed by atoms with E-state index in [2.05, 4.69) is 0 Å². The molecule has 1 aromatic carbocycles. The minimum absolute atomic E-state index is 0.306. The van der Waals surface area contributed by atoms with Crippen molar-refractivity contribution in [1.29, 1.82) is 0 Å². The van der Waals surface area contributed by atoms with Crippen LogP contribution in [0.25, 0.3) is 0 Å². The molecule has 0 saturated heterocycles. The molecule has 1 unspecified atom stereocenters. The summed E-state index contributed by atoms with van der Waals surface area (Å²) in [5.41, 5.74) is -1.69. The summed E-state index contributed by atoms with van der Waals surface area (Å²) >= 11 is 6.45. The molecule has 0 N–H and O–H groups in total. The van der Waals surface area contributed by atoms with E-state index in [1.165, 1.54) is 30.5 Å². The molecule has 0 spiro atoms. The fourth-order valence-electron chi connectivity index (χ4n) is 1.93. The highest BCUT2D eigenvalue weighted by Gasteiger charge is 2.40. The molecule has 0 aliphatic carbocycles. The Bertz CT molecular complexity index is 564. The third-order valence-electron chi connectivity index (χ3n) is 2.92. The van der Waals surface area contributed by atoms with Crippen LogP contribution < -0.4 is 0 Å². The number of hydrogen-bond donors (Lipinski definition) is 0. The second-order valence-corrected chi connectivity index (χ2v) is 10.8. The number of carbonyl (C=O) groups is 2. The maximum absolute atomic E-state index is 12.3. The Morgan fingerprint density at radius 3 is 2.00 bits per heavy atom. The molecular formula is C12H14NO4PS2. The van der Waals surface area contributed by atoms with Gasteiger partial charge in [-0.05, 0) is 42.2 Å². The van der Waals surface area contributed by atoms with E-state index in [9.17, 15) is 9.59 Å². The first-order valence-corrected chi connectivity index (χ1v) is 9.92. The van der Waals surface area contributed by atoms with E-state index in [-0.39, 0.29) is 11.8 Å². The average Bonchev–Trinajstić information content (AvgIpc) is 2.71. The molecule has 0 aromatic heterocycles. The van der Waals surface area contributed by atoms with E-state index < -0.39 is 11.1 Å². The number of amides is 2. The van der Waals surface area contributed by atoms with Gasteiger partial charge in [-0.2, -0.15) is 0 Å². The molecule has 8 heteroatoms. The standard InChI is InChI=1S/C12H14NO4PS2/c1-8(20-18(19,16-2)17-3)13-11(14)9-6-4-5-7-10(9)12(13)15/h4-8H,1-3H3. The van der Waals surface area contributed by atoms with Crippen molar-refractivity contribution in [3.8, 4) is 0 Å². The highest BCUT2D eigenvalue weighted by Crippen LogP contribution is 2.62. The van der Waals surface area contributed by atoms with Gasteiger partial charge < -0.3 is 9.05 Å². The Kier molecular flexibility index (Phi) is 4.66. The van der Waals surface area contributed by atoms with Gasteiger partial charge in [0.1, 0.15) is 0 Å². The summed E-state index contributed by atoms with van der Waals surface area (Å²) < 4.78 is 10.4. The summed E-state index contributed by atoms with van der Waals surface area (Å²) in [6.45, 7) is 1.74. The minimum atomic E-state index is -2.53. The van der Waals surface area contributed by atoms with Crippen molar-refractivity contribution in [1.82, 2.24) is 4.90 Å². The topological polar surface area (TPSA) is 55.8 Å². The molecule has 1 heterocycles. The monoisotopic (exact) mass is 331 g/mol. The third-order valence-corrected chi connectivity index (χ3v) is 8.84. The Morgan fingerprint density at radius 2 is 1.60 bits per heavy atom. The van der Waals surface area contributed by atoms with Crippen LogP contribution in [0.3, 0.4) is 0 Å². The summed E-state index contributed by atoms with van der Waals surface area (Å²) in [4.78, 5) is 25.8. The molecule has 0 fully saturated rings. The first-order valence-electron chi connectivity index (χ1n) is 5.80. The van der Waals surface area contributed by atoms with Crippen LogP contribution in [-0.4, -0.2) is 36.3 Å². The highest BCUT2D eigenvalue weighted by molar-refractivity contribution is 8.68. The Balaban J connectivity index is 2.26. The van der Waals surface area contributed by atoms with Crippen LogP contribution >= 0.6 is 17.1 Å². The smallest absolute Gasteiger partial charge is 0.262 e. The van der Waals surface area contributed by atoms with Crippen LogP contribution in [0, 0.1) is 0 Å². The van der Waals surface area contributed by atoms with E-state index in [1.807, 2.05) is 0 Å². The van der Waals surface area contributed by atoms with Gasteiger partial charge in [0.15, 0.2) is 0 Å². The maximum Gasteiger partial charge on any atom is 0.262 e. The van der Waals surface area contributed by atoms with Gasteiger partial charge in [0.05, 0.1) is 16.5 Å². The summed E-state index contributed by atoms with van der Waals surface area (Å²) in [5.74, 6) is -0.612. The number of benzene rings is 1. The molecular weight excluding hydrogens is 317 g/mol. The number of rotatable bonds is 5. The number of nitrogens with zero attached hydrogens (tertiary/aromatic N) is 1. The van der Waals surface area contributed by atoms with Crippen molar-refractivity contribution in [2.75, 3.05) is 14.2 Å². The van der Waals surface area contributed by atoms with Gasteiger partial charge >= 0.3 is 0 Å². The molecule has 108 valence electrons. The van der Waals surface area contributed by atoms with Crippen molar-refractivity contribution in [2.45, 2.75) is 12.3 Å². The van der Waals surface area contributed by atoms with Crippen molar-refractivity contribution < 1.29 is 18.6 Å². The predicted molar refractivity (Wildman–Crippen MR) is 82.3 cm³/mol. The third kappa shape index (κ3) is 2.69. The lowest BCUT2D eigenvalue weighted by Gasteiger charge is -2.26. The van der Waals surface area contributed by atoms with Crippen LogP contribution in [-0.2, 0) is 20.9 Å². The van der Waals surface area contributed by atoms with E-state index >= 15 is 0 Å². The van der Waals surface area contributed by atoms with E-state index in [0.29, 0.717) is 11.1 Å². The van der Waals surface area contributed by atoms with E-state index in [4.69, 9.17) is 20.9 Å². The molecule has 5 nitrogen and oxygen atoms in total. The number of carbonyl (C=O) groups excluding carboxylic acids is 2. The molecule has 0 radical (unpaired) electrons. The van der Waals surface area contributed by atoms with E-state index in [1.54, 1.807) is 31.2 Å². The van der Waals surface area contributed by atoms with E-state index in [0.717, 1.165) is 0 Å². The lowest BCUT2D eigenvalue weighted by Crippen LogP contribution is -2.35. The minimum Gasteiger partial charge on any atom is -0.325 e. The van der Waals surface area contributed by atoms with Crippen LogP contribution in [0.4, 0.5) is 0 Å². The van der Waals surface area contributed by atoms with Crippen LogP contribution in [0.2, 0.25) is 0 Å². The van der Waals surface area contributed by atoms with Gasteiger partial charge in [0.2, 0.25) is 5.69 Å². The molecule has 20 heavy (non-hydrogen) atoms. The zero-order valence-corrected chi connectivity index (χ0v) is 13.8. The van der Waals surface area contributed by atoms with Gasteiger partial charge in [-0.1, -0.05) is 12.1 Å².